The van der Waals surface area contributed by atoms with Crippen LogP contribution in [-0.2, 0) is 20.5 Å². The fourth-order valence-electron chi connectivity index (χ4n) is 5.30. The van der Waals surface area contributed by atoms with Gasteiger partial charge in [0.15, 0.2) is 0 Å². The maximum absolute atomic E-state index is 14.0. The molecule has 3 aromatic carbocycles. The molecule has 266 valence electrons. The zero-order chi connectivity index (χ0) is 36.5. The van der Waals surface area contributed by atoms with Crippen LogP contribution in [0.1, 0.15) is 72.0 Å². The quantitative estimate of drug-likeness (QED) is 0.103. The van der Waals surface area contributed by atoms with Crippen molar-refractivity contribution in [2.75, 3.05) is 18.5 Å². The van der Waals surface area contributed by atoms with E-state index in [4.69, 9.17) is 4.74 Å². The summed E-state index contributed by atoms with van der Waals surface area (Å²) in [4.78, 5) is 38.3. The molecule has 0 saturated heterocycles. The third kappa shape index (κ3) is 10.3. The Morgan fingerprint density at radius 3 is 2.06 bits per heavy atom. The zero-order valence-electron chi connectivity index (χ0n) is 27.0. The van der Waals surface area contributed by atoms with Crippen LogP contribution in [0.15, 0.2) is 85.2 Å². The molecule has 15 heteroatoms. The molecule has 0 fully saturated rings. The third-order valence-electron chi connectivity index (χ3n) is 7.59. The van der Waals surface area contributed by atoms with Gasteiger partial charge in [0.05, 0.1) is 36.4 Å². The molecular weight excluding hydrogens is 670 g/mol. The topological polar surface area (TPSA) is 112 Å². The van der Waals surface area contributed by atoms with Crippen LogP contribution in [0.25, 0.3) is 5.69 Å². The Labute approximate surface area is 283 Å². The number of rotatable bonds is 14. The van der Waals surface area contributed by atoms with Gasteiger partial charge in [-0.3, -0.25) is 14.4 Å². The molecule has 50 heavy (non-hydrogen) atoms. The highest BCUT2D eigenvalue weighted by Gasteiger charge is 2.34. The summed E-state index contributed by atoms with van der Waals surface area (Å²) in [6.07, 6.45) is -6.83. The van der Waals surface area contributed by atoms with Gasteiger partial charge in [-0.25, -0.2) is 4.68 Å². The number of benzene rings is 3. The summed E-state index contributed by atoms with van der Waals surface area (Å²) in [6, 6.07) is 17.4. The molecule has 0 aliphatic rings. The molecule has 0 bridgehead atoms. The Morgan fingerprint density at radius 1 is 0.860 bits per heavy atom. The van der Waals surface area contributed by atoms with Crippen molar-refractivity contribution >= 4 is 23.5 Å². The molecule has 0 radical (unpaired) electrons. The van der Waals surface area contributed by atoms with Crippen molar-refractivity contribution < 1.29 is 50.2 Å². The summed E-state index contributed by atoms with van der Waals surface area (Å²) >= 11 is 0. The molecule has 9 nitrogen and oxygen atoms in total. The first-order chi connectivity index (χ1) is 23.7. The number of esters is 1. The van der Waals surface area contributed by atoms with Crippen molar-refractivity contribution in [3.05, 3.63) is 107 Å². The Kier molecular flexibility index (Phi) is 12.3. The van der Waals surface area contributed by atoms with Gasteiger partial charge in [0.1, 0.15) is 5.75 Å². The average molecular weight is 705 g/mol. The summed E-state index contributed by atoms with van der Waals surface area (Å²) in [5.41, 5.74) is 1.08. The number of aromatic nitrogens is 2. The highest BCUT2D eigenvalue weighted by atomic mass is 19.4. The van der Waals surface area contributed by atoms with E-state index in [0.717, 1.165) is 23.0 Å². The average Bonchev–Trinajstić information content (AvgIpc) is 3.57. The zero-order valence-corrected chi connectivity index (χ0v) is 27.0. The van der Waals surface area contributed by atoms with Crippen LogP contribution in [0.4, 0.5) is 32.0 Å². The molecule has 0 unspecified atom stereocenters. The lowest BCUT2D eigenvalue weighted by Gasteiger charge is -2.28. The van der Waals surface area contributed by atoms with Gasteiger partial charge in [0, 0.05) is 24.0 Å². The molecule has 0 saturated carbocycles. The van der Waals surface area contributed by atoms with Crippen LogP contribution in [-0.4, -0.2) is 47.1 Å². The van der Waals surface area contributed by atoms with Crippen LogP contribution in [0.2, 0.25) is 0 Å². The molecule has 2 atom stereocenters. The van der Waals surface area contributed by atoms with E-state index in [1.807, 2.05) is 6.92 Å². The normalized spacial score (nSPS) is 12.9. The van der Waals surface area contributed by atoms with Crippen molar-refractivity contribution in [2.24, 2.45) is 0 Å². The highest BCUT2D eigenvalue weighted by molar-refractivity contribution is 5.97. The summed E-state index contributed by atoms with van der Waals surface area (Å²) in [6.45, 7) is 3.89. The minimum Gasteiger partial charge on any atom is -0.466 e. The number of hydrogen-bond donors (Lipinski definition) is 2. The number of nitrogens with zero attached hydrogens (tertiary/aromatic N) is 2. The van der Waals surface area contributed by atoms with E-state index in [1.165, 1.54) is 36.4 Å². The maximum atomic E-state index is 14.0. The second kappa shape index (κ2) is 16.4. The van der Waals surface area contributed by atoms with Gasteiger partial charge in [-0.05, 0) is 78.9 Å². The van der Waals surface area contributed by atoms with E-state index in [2.05, 4.69) is 20.5 Å². The lowest BCUT2D eigenvalue weighted by Crippen LogP contribution is -2.27. The predicted molar refractivity (Wildman–Crippen MR) is 171 cm³/mol. The largest absolute Gasteiger partial charge is 0.573 e. The van der Waals surface area contributed by atoms with Crippen LogP contribution in [0.5, 0.6) is 5.75 Å². The van der Waals surface area contributed by atoms with Crippen LogP contribution < -0.4 is 15.4 Å². The van der Waals surface area contributed by atoms with Gasteiger partial charge in [0.25, 0.3) is 5.91 Å². The molecule has 4 aromatic rings. The van der Waals surface area contributed by atoms with Gasteiger partial charge in [0.2, 0.25) is 5.91 Å². The van der Waals surface area contributed by atoms with E-state index >= 15 is 0 Å². The number of hydrogen-bond acceptors (Lipinski definition) is 6. The minimum absolute atomic E-state index is 0.00475. The maximum Gasteiger partial charge on any atom is 0.573 e. The number of anilines is 1. The molecular formula is C35H34F6N4O5. The number of ether oxygens (including phenoxy) is 2. The van der Waals surface area contributed by atoms with E-state index in [-0.39, 0.29) is 19.6 Å². The number of halogens is 6. The van der Waals surface area contributed by atoms with Crippen molar-refractivity contribution in [2.45, 2.75) is 57.5 Å². The molecule has 2 N–H and O–H groups in total. The Hall–Kier alpha value is -5.34. The molecule has 2 amide bonds. The molecule has 0 aliphatic carbocycles. The summed E-state index contributed by atoms with van der Waals surface area (Å²) in [5, 5.41) is 9.22. The van der Waals surface area contributed by atoms with Gasteiger partial charge in [-0.15, -0.1) is 13.2 Å². The molecule has 1 heterocycles. The van der Waals surface area contributed by atoms with Gasteiger partial charge >= 0.3 is 18.5 Å². The van der Waals surface area contributed by atoms with Crippen molar-refractivity contribution in [1.29, 1.82) is 0 Å². The summed E-state index contributed by atoms with van der Waals surface area (Å²) < 4.78 is 87.5. The van der Waals surface area contributed by atoms with Crippen molar-refractivity contribution in [3.8, 4) is 11.4 Å². The monoisotopic (exact) mass is 704 g/mol. The predicted octanol–water partition coefficient (Wildman–Crippen LogP) is 7.78. The summed E-state index contributed by atoms with van der Waals surface area (Å²) in [7, 11) is 0. The first-order valence-corrected chi connectivity index (χ1v) is 15.6. The summed E-state index contributed by atoms with van der Waals surface area (Å²) in [5.74, 6) is -3.26. The molecule has 4 rings (SSSR count). The Bertz CT molecular complexity index is 1740. The Balaban J connectivity index is 1.60. The van der Waals surface area contributed by atoms with Gasteiger partial charge in [-0.1, -0.05) is 37.6 Å². The highest BCUT2D eigenvalue weighted by Crippen LogP contribution is 2.39. The second-order valence-corrected chi connectivity index (χ2v) is 11.1. The van der Waals surface area contributed by atoms with E-state index in [9.17, 15) is 40.7 Å². The number of amides is 2. The lowest BCUT2D eigenvalue weighted by molar-refractivity contribution is -0.274. The molecule has 1 aromatic heterocycles. The fourth-order valence-corrected chi connectivity index (χ4v) is 5.30. The van der Waals surface area contributed by atoms with Crippen LogP contribution >= 0.6 is 0 Å². The number of alkyl halides is 6. The van der Waals surface area contributed by atoms with Gasteiger partial charge < -0.3 is 20.1 Å². The number of carbonyl (C=O) groups excluding carboxylic acids is 3. The molecule has 0 aliphatic heterocycles. The second-order valence-electron chi connectivity index (χ2n) is 11.1. The molecule has 0 spiro atoms. The smallest absolute Gasteiger partial charge is 0.466 e. The van der Waals surface area contributed by atoms with E-state index < -0.39 is 53.5 Å². The van der Waals surface area contributed by atoms with E-state index in [0.29, 0.717) is 47.1 Å². The number of carbonyl (C=O) groups is 3. The van der Waals surface area contributed by atoms with Crippen molar-refractivity contribution in [1.82, 2.24) is 15.1 Å². The van der Waals surface area contributed by atoms with Crippen LogP contribution in [0.3, 0.4) is 0 Å². The standard InChI is InChI=1S/C35H34F6N4O5/c1-3-5-29(22-6-8-24(9-7-22)32(47)42-19-18-30(46)49-4-2)31(23-10-16-28(17-11-23)50-35(39,40)41)33(48)44-26-12-14-27(15-13-26)45-21-25(20-43-45)34(36,37)38/h6-17,20-21,29,31H,3-5,18-19H2,1-2H3,(H,42,47)(H,44,48)/t29-,31+/m0/s1. The SMILES string of the molecule is CCC[C@@H](c1ccc(C(=O)NCCC(=O)OCC)cc1)[C@H](C(=O)Nc1ccc(-n2cc(C(F)(F)F)cn2)cc1)c1ccc(OC(F)(F)F)cc1. The first kappa shape index (κ1) is 37.5. The number of nitrogens with one attached hydrogen (secondary N) is 2. The third-order valence-corrected chi connectivity index (χ3v) is 7.59. The van der Waals surface area contributed by atoms with E-state index in [1.54, 1.807) is 31.2 Å². The van der Waals surface area contributed by atoms with Crippen LogP contribution in [0, 0.1) is 0 Å². The first-order valence-electron chi connectivity index (χ1n) is 15.6. The minimum atomic E-state index is -4.91. The Morgan fingerprint density at radius 2 is 1.50 bits per heavy atom. The lowest BCUT2D eigenvalue weighted by atomic mass is 9.78. The van der Waals surface area contributed by atoms with Gasteiger partial charge in [-0.2, -0.15) is 18.3 Å². The van der Waals surface area contributed by atoms with Crippen molar-refractivity contribution in [3.63, 3.8) is 0 Å². The fraction of sp³-hybridized carbons (Fsp3) is 0.314.